The number of aliphatic hydroxyl groups is 1. The predicted octanol–water partition coefficient (Wildman–Crippen LogP) is 0.874. The predicted molar refractivity (Wildman–Crippen MR) is 63.0 cm³/mol. The standard InChI is InChI=1S/C12H19NO3/c1-8-11(15-2)5-4-9(12(8)16-3)6-10(14)7-13/h4-5,10,14H,6-7,13H2,1-3H3. The zero-order valence-electron chi connectivity index (χ0n) is 9.99. The SMILES string of the molecule is COc1ccc(CC(O)CN)c(OC)c1C. The fourth-order valence-electron chi connectivity index (χ4n) is 1.73. The number of methoxy groups -OCH3 is 2. The van der Waals surface area contributed by atoms with Crippen LogP contribution in [0.5, 0.6) is 11.5 Å². The summed E-state index contributed by atoms with van der Waals surface area (Å²) in [5, 5.41) is 9.54. The molecule has 1 rings (SSSR count). The highest BCUT2D eigenvalue weighted by atomic mass is 16.5. The van der Waals surface area contributed by atoms with Crippen molar-refractivity contribution in [3.63, 3.8) is 0 Å². The van der Waals surface area contributed by atoms with Crippen LogP contribution in [0.25, 0.3) is 0 Å². The third-order valence-electron chi connectivity index (χ3n) is 2.59. The minimum Gasteiger partial charge on any atom is -0.496 e. The Morgan fingerprint density at radius 1 is 1.31 bits per heavy atom. The molecular weight excluding hydrogens is 206 g/mol. The monoisotopic (exact) mass is 225 g/mol. The Balaban J connectivity index is 3.05. The lowest BCUT2D eigenvalue weighted by molar-refractivity contribution is 0.182. The van der Waals surface area contributed by atoms with Gasteiger partial charge in [-0.2, -0.15) is 0 Å². The summed E-state index contributed by atoms with van der Waals surface area (Å²) in [4.78, 5) is 0. The summed E-state index contributed by atoms with van der Waals surface area (Å²) in [6.07, 6.45) is -0.0495. The molecule has 1 atom stereocenters. The van der Waals surface area contributed by atoms with Gasteiger partial charge in [0.25, 0.3) is 0 Å². The van der Waals surface area contributed by atoms with E-state index >= 15 is 0 Å². The van der Waals surface area contributed by atoms with Gasteiger partial charge in [-0.05, 0) is 18.6 Å². The lowest BCUT2D eigenvalue weighted by Gasteiger charge is -2.16. The number of hydrogen-bond donors (Lipinski definition) is 2. The van der Waals surface area contributed by atoms with Crippen molar-refractivity contribution < 1.29 is 14.6 Å². The van der Waals surface area contributed by atoms with E-state index in [1.807, 2.05) is 19.1 Å². The van der Waals surface area contributed by atoms with Crippen LogP contribution in [0.1, 0.15) is 11.1 Å². The van der Waals surface area contributed by atoms with E-state index in [1.165, 1.54) is 0 Å². The minimum atomic E-state index is -0.540. The quantitative estimate of drug-likeness (QED) is 0.780. The summed E-state index contributed by atoms with van der Waals surface area (Å²) in [5.74, 6) is 1.54. The summed E-state index contributed by atoms with van der Waals surface area (Å²) in [6.45, 7) is 2.17. The molecule has 0 saturated heterocycles. The van der Waals surface area contributed by atoms with Gasteiger partial charge in [0.2, 0.25) is 0 Å². The molecule has 1 aromatic carbocycles. The van der Waals surface area contributed by atoms with E-state index in [0.717, 1.165) is 22.6 Å². The van der Waals surface area contributed by atoms with Crippen molar-refractivity contribution in [1.82, 2.24) is 0 Å². The van der Waals surface area contributed by atoms with E-state index in [4.69, 9.17) is 15.2 Å². The summed E-state index contributed by atoms with van der Waals surface area (Å²) in [7, 11) is 3.23. The summed E-state index contributed by atoms with van der Waals surface area (Å²) in [5.41, 5.74) is 7.27. The van der Waals surface area contributed by atoms with E-state index in [-0.39, 0.29) is 6.54 Å². The molecule has 0 saturated carbocycles. The molecule has 1 aromatic rings. The van der Waals surface area contributed by atoms with Crippen LogP contribution in [0.4, 0.5) is 0 Å². The van der Waals surface area contributed by atoms with Crippen molar-refractivity contribution in [2.45, 2.75) is 19.4 Å². The molecule has 4 heteroatoms. The Kier molecular flexibility index (Phi) is 4.58. The van der Waals surface area contributed by atoms with Crippen LogP contribution in [-0.4, -0.2) is 32.0 Å². The second-order valence-corrected chi connectivity index (χ2v) is 3.68. The molecule has 0 amide bonds. The van der Waals surface area contributed by atoms with Gasteiger partial charge in [-0.15, -0.1) is 0 Å². The van der Waals surface area contributed by atoms with Crippen molar-refractivity contribution in [2.75, 3.05) is 20.8 Å². The Labute approximate surface area is 96.0 Å². The molecule has 0 aliphatic rings. The van der Waals surface area contributed by atoms with E-state index in [9.17, 15) is 5.11 Å². The maximum Gasteiger partial charge on any atom is 0.128 e. The molecule has 0 spiro atoms. The molecule has 1 unspecified atom stereocenters. The third-order valence-corrected chi connectivity index (χ3v) is 2.59. The molecule has 16 heavy (non-hydrogen) atoms. The molecule has 0 aliphatic heterocycles. The first-order chi connectivity index (χ1) is 7.63. The highest BCUT2D eigenvalue weighted by molar-refractivity contribution is 5.49. The zero-order chi connectivity index (χ0) is 12.1. The van der Waals surface area contributed by atoms with Crippen molar-refractivity contribution >= 4 is 0 Å². The number of aliphatic hydroxyl groups excluding tert-OH is 1. The molecule has 0 fully saturated rings. The first-order valence-corrected chi connectivity index (χ1v) is 5.22. The highest BCUT2D eigenvalue weighted by Crippen LogP contribution is 2.31. The number of nitrogens with two attached hydrogens (primary N) is 1. The second-order valence-electron chi connectivity index (χ2n) is 3.68. The lowest BCUT2D eigenvalue weighted by Crippen LogP contribution is -2.22. The Hall–Kier alpha value is -1.26. The fourth-order valence-corrected chi connectivity index (χ4v) is 1.73. The zero-order valence-corrected chi connectivity index (χ0v) is 9.99. The molecule has 3 N–H and O–H groups in total. The van der Waals surface area contributed by atoms with E-state index in [1.54, 1.807) is 14.2 Å². The minimum absolute atomic E-state index is 0.244. The van der Waals surface area contributed by atoms with Gasteiger partial charge < -0.3 is 20.3 Å². The molecule has 90 valence electrons. The molecular formula is C12H19NO3. The topological polar surface area (TPSA) is 64.7 Å². The van der Waals surface area contributed by atoms with Crippen LogP contribution in [0, 0.1) is 6.92 Å². The van der Waals surface area contributed by atoms with Gasteiger partial charge in [-0.1, -0.05) is 6.07 Å². The number of rotatable bonds is 5. The first-order valence-electron chi connectivity index (χ1n) is 5.22. The van der Waals surface area contributed by atoms with Gasteiger partial charge in [0.05, 0.1) is 20.3 Å². The van der Waals surface area contributed by atoms with Crippen molar-refractivity contribution in [2.24, 2.45) is 5.73 Å². The number of hydrogen-bond acceptors (Lipinski definition) is 4. The van der Waals surface area contributed by atoms with Gasteiger partial charge in [0, 0.05) is 18.5 Å². The summed E-state index contributed by atoms with van der Waals surface area (Å²) >= 11 is 0. The van der Waals surface area contributed by atoms with Crippen molar-refractivity contribution in [3.8, 4) is 11.5 Å². The van der Waals surface area contributed by atoms with Crippen molar-refractivity contribution in [1.29, 1.82) is 0 Å². The highest BCUT2D eigenvalue weighted by Gasteiger charge is 2.13. The lowest BCUT2D eigenvalue weighted by atomic mass is 10.0. The Morgan fingerprint density at radius 2 is 2.00 bits per heavy atom. The average Bonchev–Trinajstić information content (AvgIpc) is 2.29. The number of ether oxygens (including phenoxy) is 2. The van der Waals surface area contributed by atoms with Crippen LogP contribution in [0.3, 0.4) is 0 Å². The van der Waals surface area contributed by atoms with Gasteiger partial charge in [0.15, 0.2) is 0 Å². The maximum atomic E-state index is 9.54. The normalized spacial score (nSPS) is 12.3. The Bertz CT molecular complexity index is 352. The summed E-state index contributed by atoms with van der Waals surface area (Å²) < 4.78 is 10.5. The summed E-state index contributed by atoms with van der Waals surface area (Å²) in [6, 6.07) is 3.76. The number of benzene rings is 1. The molecule has 0 heterocycles. The van der Waals surface area contributed by atoms with Crippen molar-refractivity contribution in [3.05, 3.63) is 23.3 Å². The molecule has 4 nitrogen and oxygen atoms in total. The van der Waals surface area contributed by atoms with Crippen LogP contribution in [-0.2, 0) is 6.42 Å². The first kappa shape index (κ1) is 12.8. The van der Waals surface area contributed by atoms with E-state index in [0.29, 0.717) is 6.42 Å². The van der Waals surface area contributed by atoms with Crippen LogP contribution in [0.15, 0.2) is 12.1 Å². The fraction of sp³-hybridized carbons (Fsp3) is 0.500. The van der Waals surface area contributed by atoms with E-state index in [2.05, 4.69) is 0 Å². The van der Waals surface area contributed by atoms with Gasteiger partial charge in [-0.25, -0.2) is 0 Å². The second kappa shape index (κ2) is 5.72. The van der Waals surface area contributed by atoms with Gasteiger partial charge in [-0.3, -0.25) is 0 Å². The largest absolute Gasteiger partial charge is 0.496 e. The van der Waals surface area contributed by atoms with Crippen LogP contribution >= 0.6 is 0 Å². The average molecular weight is 225 g/mol. The van der Waals surface area contributed by atoms with Gasteiger partial charge in [0.1, 0.15) is 11.5 Å². The third kappa shape index (κ3) is 2.65. The molecule has 0 aromatic heterocycles. The maximum absolute atomic E-state index is 9.54. The van der Waals surface area contributed by atoms with Crippen LogP contribution < -0.4 is 15.2 Å². The molecule has 0 aliphatic carbocycles. The molecule has 0 bridgehead atoms. The smallest absolute Gasteiger partial charge is 0.128 e. The molecule has 0 radical (unpaired) electrons. The van der Waals surface area contributed by atoms with E-state index < -0.39 is 6.10 Å². The Morgan fingerprint density at radius 3 is 2.50 bits per heavy atom. The van der Waals surface area contributed by atoms with Crippen LogP contribution in [0.2, 0.25) is 0 Å². The van der Waals surface area contributed by atoms with Gasteiger partial charge >= 0.3 is 0 Å².